The lowest BCUT2D eigenvalue weighted by molar-refractivity contribution is -0.142. The summed E-state index contributed by atoms with van der Waals surface area (Å²) in [6.45, 7) is 0. The van der Waals surface area contributed by atoms with Gasteiger partial charge in [-0.2, -0.15) is 0 Å². The highest BCUT2D eigenvalue weighted by atomic mass is 16.4. The second-order valence-electron chi connectivity index (χ2n) is 8.37. The van der Waals surface area contributed by atoms with Crippen molar-refractivity contribution in [2.75, 3.05) is 0 Å². The first-order valence-corrected chi connectivity index (χ1v) is 11.4. The van der Waals surface area contributed by atoms with E-state index in [4.69, 9.17) is 16.6 Å². The van der Waals surface area contributed by atoms with Crippen LogP contribution in [0.3, 0.4) is 0 Å². The number of imidazole rings is 1. The van der Waals surface area contributed by atoms with Crippen LogP contribution < -0.4 is 27.4 Å². The maximum atomic E-state index is 13.1. The average molecular weight is 532 g/mol. The molecule has 4 amide bonds. The van der Waals surface area contributed by atoms with E-state index in [2.05, 4.69) is 25.9 Å². The summed E-state index contributed by atoms with van der Waals surface area (Å²) in [4.78, 5) is 79.2. The summed E-state index contributed by atoms with van der Waals surface area (Å²) < 4.78 is 0. The van der Waals surface area contributed by atoms with Crippen LogP contribution in [0.2, 0.25) is 0 Å². The van der Waals surface area contributed by atoms with Crippen LogP contribution in [0.1, 0.15) is 24.1 Å². The van der Waals surface area contributed by atoms with Gasteiger partial charge in [0.05, 0.1) is 25.2 Å². The maximum absolute atomic E-state index is 13.1. The van der Waals surface area contributed by atoms with Crippen LogP contribution in [0.5, 0.6) is 0 Å². The molecule has 4 unspecified atom stereocenters. The fourth-order valence-electron chi connectivity index (χ4n) is 3.39. The third-order valence-corrected chi connectivity index (χ3v) is 5.28. The number of amides is 4. The number of primary amides is 1. The zero-order valence-electron chi connectivity index (χ0n) is 20.1. The summed E-state index contributed by atoms with van der Waals surface area (Å²) in [5, 5.41) is 25.4. The Morgan fingerprint density at radius 2 is 1.45 bits per heavy atom. The molecule has 0 saturated carbocycles. The van der Waals surface area contributed by atoms with Gasteiger partial charge in [0.2, 0.25) is 23.6 Å². The van der Waals surface area contributed by atoms with Gasteiger partial charge >= 0.3 is 11.9 Å². The third kappa shape index (κ3) is 9.69. The highest BCUT2D eigenvalue weighted by Crippen LogP contribution is 2.06. The molecule has 0 bridgehead atoms. The minimum absolute atomic E-state index is 0.0703. The number of nitrogens with zero attached hydrogens (tertiary/aromatic N) is 1. The molecule has 0 aliphatic carbocycles. The average Bonchev–Trinajstić information content (AvgIpc) is 3.35. The number of carbonyl (C=O) groups is 6. The summed E-state index contributed by atoms with van der Waals surface area (Å²) >= 11 is 0. The molecule has 1 aromatic carbocycles. The van der Waals surface area contributed by atoms with E-state index < -0.39 is 72.6 Å². The number of carboxylic acid groups (broad SMARTS) is 2. The number of aromatic amines is 1. The first-order valence-electron chi connectivity index (χ1n) is 11.4. The van der Waals surface area contributed by atoms with Gasteiger partial charge in [-0.05, 0) is 5.56 Å². The highest BCUT2D eigenvalue weighted by molar-refractivity contribution is 5.96. The van der Waals surface area contributed by atoms with Gasteiger partial charge in [0.1, 0.15) is 18.1 Å². The van der Waals surface area contributed by atoms with E-state index in [1.54, 1.807) is 30.3 Å². The largest absolute Gasteiger partial charge is 0.481 e. The molecule has 204 valence electrons. The van der Waals surface area contributed by atoms with Gasteiger partial charge in [-0.15, -0.1) is 0 Å². The number of H-pyrrole nitrogens is 1. The Kier molecular flexibility index (Phi) is 10.9. The van der Waals surface area contributed by atoms with Gasteiger partial charge in [-0.3, -0.25) is 24.0 Å². The lowest BCUT2D eigenvalue weighted by atomic mass is 10.0. The second kappa shape index (κ2) is 14.1. The number of aromatic nitrogens is 2. The molecule has 15 heteroatoms. The first-order chi connectivity index (χ1) is 18.0. The van der Waals surface area contributed by atoms with Crippen LogP contribution in [-0.2, 0) is 41.6 Å². The number of rotatable bonds is 15. The van der Waals surface area contributed by atoms with Crippen molar-refractivity contribution in [3.8, 4) is 0 Å². The number of benzene rings is 1. The van der Waals surface area contributed by atoms with Crippen molar-refractivity contribution >= 4 is 35.6 Å². The SMILES string of the molecule is NC(=O)CC(NC(=O)C(Cc1cnc[nH]1)NC(=O)C(N)CC(=O)O)C(=O)NC(Cc1ccccc1)C(=O)O. The maximum Gasteiger partial charge on any atom is 0.326 e. The molecule has 15 nitrogen and oxygen atoms in total. The third-order valence-electron chi connectivity index (χ3n) is 5.28. The molecule has 1 heterocycles. The summed E-state index contributed by atoms with van der Waals surface area (Å²) in [5.41, 5.74) is 11.8. The minimum atomic E-state index is -1.58. The van der Waals surface area contributed by atoms with E-state index in [0.29, 0.717) is 11.3 Å². The predicted molar refractivity (Wildman–Crippen MR) is 130 cm³/mol. The highest BCUT2D eigenvalue weighted by Gasteiger charge is 2.32. The lowest BCUT2D eigenvalue weighted by Crippen LogP contribution is -2.58. The molecule has 38 heavy (non-hydrogen) atoms. The number of carboxylic acids is 2. The fourth-order valence-corrected chi connectivity index (χ4v) is 3.39. The van der Waals surface area contributed by atoms with Crippen LogP contribution >= 0.6 is 0 Å². The number of aliphatic carboxylic acids is 2. The number of hydrogen-bond acceptors (Lipinski definition) is 8. The molecule has 0 aliphatic rings. The smallest absolute Gasteiger partial charge is 0.326 e. The Bertz CT molecular complexity index is 1140. The van der Waals surface area contributed by atoms with Crippen LogP contribution in [0, 0.1) is 0 Å². The Morgan fingerprint density at radius 3 is 2.00 bits per heavy atom. The van der Waals surface area contributed by atoms with Gasteiger partial charge in [0.15, 0.2) is 0 Å². The molecular weight excluding hydrogens is 502 g/mol. The molecule has 0 aliphatic heterocycles. The predicted octanol–water partition coefficient (Wildman–Crippen LogP) is -2.59. The van der Waals surface area contributed by atoms with Crippen molar-refractivity contribution in [3.63, 3.8) is 0 Å². The molecule has 1 aromatic heterocycles. The van der Waals surface area contributed by atoms with E-state index in [-0.39, 0.29) is 12.8 Å². The van der Waals surface area contributed by atoms with E-state index in [1.165, 1.54) is 12.5 Å². The Morgan fingerprint density at radius 1 is 0.842 bits per heavy atom. The first kappa shape index (κ1) is 29.4. The zero-order chi connectivity index (χ0) is 28.2. The van der Waals surface area contributed by atoms with Crippen molar-refractivity contribution < 1.29 is 39.0 Å². The normalized spacial score (nSPS) is 13.8. The number of nitrogens with two attached hydrogens (primary N) is 2. The van der Waals surface area contributed by atoms with Crippen LogP contribution in [0.15, 0.2) is 42.9 Å². The summed E-state index contributed by atoms with van der Waals surface area (Å²) in [6, 6.07) is 2.67. The van der Waals surface area contributed by atoms with Crippen molar-refractivity contribution in [2.24, 2.45) is 11.5 Å². The van der Waals surface area contributed by atoms with Gasteiger partial charge in [0, 0.05) is 24.7 Å². The van der Waals surface area contributed by atoms with Crippen molar-refractivity contribution in [1.82, 2.24) is 25.9 Å². The summed E-state index contributed by atoms with van der Waals surface area (Å²) in [7, 11) is 0. The van der Waals surface area contributed by atoms with E-state index >= 15 is 0 Å². The lowest BCUT2D eigenvalue weighted by Gasteiger charge is -2.24. The molecule has 2 aromatic rings. The topological polar surface area (TPSA) is 260 Å². The van der Waals surface area contributed by atoms with Crippen LogP contribution in [0.4, 0.5) is 0 Å². The fraction of sp³-hybridized carbons (Fsp3) is 0.348. The Balaban J connectivity index is 2.19. The second-order valence-corrected chi connectivity index (χ2v) is 8.37. The van der Waals surface area contributed by atoms with Gasteiger partial charge in [0.25, 0.3) is 0 Å². The van der Waals surface area contributed by atoms with Crippen LogP contribution in [-0.4, -0.2) is 79.9 Å². The van der Waals surface area contributed by atoms with Crippen molar-refractivity contribution in [2.45, 2.75) is 49.9 Å². The molecule has 0 spiro atoms. The van der Waals surface area contributed by atoms with Gasteiger partial charge in [-0.25, -0.2) is 9.78 Å². The van der Waals surface area contributed by atoms with Crippen LogP contribution in [0.25, 0.3) is 0 Å². The standard InChI is InChI=1S/C23H29N7O8/c24-14(8-19(32)33)20(34)28-15(7-13-10-26-11-27-13)21(35)29-16(9-18(25)31)22(36)30-17(23(37)38)6-12-4-2-1-3-5-12/h1-5,10-11,14-17H,6-9,24H2,(H2,25,31)(H,26,27)(H,28,34)(H,29,35)(H,30,36)(H,32,33)(H,37,38). The summed E-state index contributed by atoms with van der Waals surface area (Å²) in [5.74, 6) is -6.51. The van der Waals surface area contributed by atoms with Gasteiger partial charge < -0.3 is 42.6 Å². The van der Waals surface area contributed by atoms with Gasteiger partial charge in [-0.1, -0.05) is 30.3 Å². The zero-order valence-corrected chi connectivity index (χ0v) is 20.1. The van der Waals surface area contributed by atoms with Crippen molar-refractivity contribution in [1.29, 1.82) is 0 Å². The van der Waals surface area contributed by atoms with E-state index in [0.717, 1.165) is 0 Å². The van der Waals surface area contributed by atoms with Crippen molar-refractivity contribution in [3.05, 3.63) is 54.1 Å². The molecule has 0 saturated heterocycles. The summed E-state index contributed by atoms with van der Waals surface area (Å²) in [6.07, 6.45) is 1.10. The number of carbonyl (C=O) groups excluding carboxylic acids is 4. The Labute approximate surface area is 216 Å². The number of nitrogens with one attached hydrogen (secondary N) is 4. The molecule has 0 radical (unpaired) electrons. The molecule has 10 N–H and O–H groups in total. The molecule has 4 atom stereocenters. The monoisotopic (exact) mass is 531 g/mol. The Hall–Kier alpha value is -4.79. The molecular formula is C23H29N7O8. The van der Waals surface area contributed by atoms with E-state index in [1.807, 2.05) is 0 Å². The molecule has 0 fully saturated rings. The number of hydrogen-bond donors (Lipinski definition) is 8. The molecule has 2 rings (SSSR count). The minimum Gasteiger partial charge on any atom is -0.481 e. The quantitative estimate of drug-likeness (QED) is 0.119. The van der Waals surface area contributed by atoms with E-state index in [9.17, 15) is 33.9 Å².